The summed E-state index contributed by atoms with van der Waals surface area (Å²) in [6, 6.07) is 3.48. The van der Waals surface area contributed by atoms with Gasteiger partial charge in [0.05, 0.1) is 6.10 Å². The Balaban J connectivity index is 3.00. The number of alkyl halides is 1. The minimum atomic E-state index is -0.510. The van der Waals surface area contributed by atoms with E-state index in [1.54, 1.807) is 6.07 Å². The van der Waals surface area contributed by atoms with Gasteiger partial charge in [0.15, 0.2) is 0 Å². The maximum Gasteiger partial charge on any atom is 0.129 e. The lowest BCUT2D eigenvalue weighted by Gasteiger charge is -2.07. The number of aromatic nitrogens is 1. The molecule has 0 amide bonds. The zero-order valence-electron chi connectivity index (χ0n) is 6.59. The van der Waals surface area contributed by atoms with Crippen molar-refractivity contribution in [1.29, 1.82) is 0 Å². The Morgan fingerprint density at radius 2 is 2.33 bits per heavy atom. The Morgan fingerprint density at radius 3 is 2.83 bits per heavy atom. The van der Waals surface area contributed by atoms with Crippen molar-refractivity contribution in [1.82, 2.24) is 4.98 Å². The van der Waals surface area contributed by atoms with Crippen LogP contribution in [-0.4, -0.2) is 15.4 Å². The lowest BCUT2D eigenvalue weighted by molar-refractivity contribution is 0.205. The number of halogens is 2. The molecule has 4 heteroatoms. The first-order chi connectivity index (χ1) is 5.63. The van der Waals surface area contributed by atoms with Gasteiger partial charge in [0.2, 0.25) is 0 Å². The highest BCUT2D eigenvalue weighted by atomic mass is 79.9. The zero-order valence-corrected chi connectivity index (χ0v) is 8.93. The second-order valence-electron chi connectivity index (χ2n) is 2.53. The number of pyridine rings is 1. The molecule has 0 radical (unpaired) electrons. The molecule has 1 aromatic rings. The minimum absolute atomic E-state index is 0.421. The number of nitrogens with zero attached hydrogens (tertiary/aromatic N) is 1. The van der Waals surface area contributed by atoms with E-state index in [-0.39, 0.29) is 0 Å². The standard InChI is InChI=1S/C8H9BrClNO/c1-5-2-6(7(12)4-9)3-8(10)11-5/h2-3,7,12H,4H2,1H3. The number of aryl methyl sites for hydroxylation is 1. The fourth-order valence-corrected chi connectivity index (χ4v) is 1.57. The number of hydrogen-bond donors (Lipinski definition) is 1. The van der Waals surface area contributed by atoms with Gasteiger partial charge in [-0.15, -0.1) is 0 Å². The fraction of sp³-hybridized carbons (Fsp3) is 0.375. The average molecular weight is 251 g/mol. The van der Waals surface area contributed by atoms with Crippen molar-refractivity contribution < 1.29 is 5.11 Å². The number of aliphatic hydroxyl groups excluding tert-OH is 1. The normalized spacial score (nSPS) is 13.0. The highest BCUT2D eigenvalue weighted by Gasteiger charge is 2.06. The van der Waals surface area contributed by atoms with Crippen LogP contribution in [0.1, 0.15) is 17.4 Å². The second-order valence-corrected chi connectivity index (χ2v) is 3.57. The lowest BCUT2D eigenvalue weighted by Crippen LogP contribution is -1.99. The summed E-state index contributed by atoms with van der Waals surface area (Å²) < 4.78 is 0. The molecule has 1 aromatic heterocycles. The van der Waals surface area contributed by atoms with Crippen LogP contribution < -0.4 is 0 Å². The van der Waals surface area contributed by atoms with Crippen molar-refractivity contribution in [2.75, 3.05) is 5.33 Å². The molecule has 1 N–H and O–H groups in total. The molecule has 2 nitrogen and oxygen atoms in total. The van der Waals surface area contributed by atoms with Crippen LogP contribution in [0.15, 0.2) is 12.1 Å². The van der Waals surface area contributed by atoms with Crippen molar-refractivity contribution in [2.45, 2.75) is 13.0 Å². The van der Waals surface area contributed by atoms with Gasteiger partial charge in [-0.2, -0.15) is 0 Å². The summed E-state index contributed by atoms with van der Waals surface area (Å²) in [7, 11) is 0. The first-order valence-corrected chi connectivity index (χ1v) is 5.01. The second kappa shape index (κ2) is 4.21. The third-order valence-electron chi connectivity index (χ3n) is 1.48. The fourth-order valence-electron chi connectivity index (χ4n) is 0.935. The highest BCUT2D eigenvalue weighted by Crippen LogP contribution is 2.18. The van der Waals surface area contributed by atoms with Crippen molar-refractivity contribution in [3.63, 3.8) is 0 Å². The third-order valence-corrected chi connectivity index (χ3v) is 2.28. The van der Waals surface area contributed by atoms with Crippen LogP contribution in [-0.2, 0) is 0 Å². The molecule has 0 saturated heterocycles. The number of hydrogen-bond acceptors (Lipinski definition) is 2. The monoisotopic (exact) mass is 249 g/mol. The van der Waals surface area contributed by atoms with Gasteiger partial charge >= 0.3 is 0 Å². The maximum absolute atomic E-state index is 9.44. The Kier molecular flexibility index (Phi) is 3.50. The van der Waals surface area contributed by atoms with Gasteiger partial charge in [-0.25, -0.2) is 4.98 Å². The van der Waals surface area contributed by atoms with Crippen LogP contribution >= 0.6 is 27.5 Å². The zero-order chi connectivity index (χ0) is 9.14. The largest absolute Gasteiger partial charge is 0.388 e. The molecule has 0 saturated carbocycles. The van der Waals surface area contributed by atoms with E-state index in [4.69, 9.17) is 11.6 Å². The Bertz CT molecular complexity index is 260. The van der Waals surface area contributed by atoms with E-state index < -0.39 is 6.10 Å². The van der Waals surface area contributed by atoms with Gasteiger partial charge in [0.1, 0.15) is 5.15 Å². The van der Waals surface area contributed by atoms with Gasteiger partial charge in [-0.3, -0.25) is 0 Å². The molecule has 0 fully saturated rings. The molecule has 1 unspecified atom stereocenters. The van der Waals surface area contributed by atoms with Gasteiger partial charge in [0, 0.05) is 11.0 Å². The van der Waals surface area contributed by atoms with Crippen molar-refractivity contribution in [2.24, 2.45) is 0 Å². The van der Waals surface area contributed by atoms with Gasteiger partial charge in [-0.05, 0) is 24.6 Å². The Hall–Kier alpha value is -0.120. The topological polar surface area (TPSA) is 33.1 Å². The number of rotatable bonds is 2. The van der Waals surface area contributed by atoms with E-state index in [2.05, 4.69) is 20.9 Å². The van der Waals surface area contributed by atoms with Gasteiger partial charge < -0.3 is 5.11 Å². The summed E-state index contributed by atoms with van der Waals surface area (Å²) in [5, 5.41) is 10.4. The van der Waals surface area contributed by atoms with E-state index in [1.165, 1.54) is 0 Å². The Labute approximate surface area is 84.7 Å². The van der Waals surface area contributed by atoms with E-state index in [0.717, 1.165) is 11.3 Å². The lowest BCUT2D eigenvalue weighted by atomic mass is 10.1. The van der Waals surface area contributed by atoms with Crippen LogP contribution in [0.3, 0.4) is 0 Å². The first-order valence-electron chi connectivity index (χ1n) is 3.51. The van der Waals surface area contributed by atoms with Gasteiger partial charge in [0.25, 0.3) is 0 Å². The van der Waals surface area contributed by atoms with E-state index in [1.807, 2.05) is 13.0 Å². The quantitative estimate of drug-likeness (QED) is 0.646. The molecule has 0 aliphatic carbocycles. The molecule has 1 atom stereocenters. The van der Waals surface area contributed by atoms with Crippen LogP contribution in [0.4, 0.5) is 0 Å². The molecule has 12 heavy (non-hydrogen) atoms. The van der Waals surface area contributed by atoms with Crippen molar-refractivity contribution in [3.8, 4) is 0 Å². The smallest absolute Gasteiger partial charge is 0.129 e. The van der Waals surface area contributed by atoms with E-state index >= 15 is 0 Å². The van der Waals surface area contributed by atoms with Crippen LogP contribution in [0.5, 0.6) is 0 Å². The number of aliphatic hydroxyl groups is 1. The molecular weight excluding hydrogens is 241 g/mol. The summed E-state index contributed by atoms with van der Waals surface area (Å²) in [6.07, 6.45) is -0.510. The molecular formula is C8H9BrClNO. The van der Waals surface area contributed by atoms with Crippen molar-refractivity contribution in [3.05, 3.63) is 28.5 Å². The van der Waals surface area contributed by atoms with Gasteiger partial charge in [-0.1, -0.05) is 27.5 Å². The van der Waals surface area contributed by atoms with E-state index in [9.17, 15) is 5.11 Å². The Morgan fingerprint density at radius 1 is 1.67 bits per heavy atom. The summed E-state index contributed by atoms with van der Waals surface area (Å²) in [6.45, 7) is 1.84. The minimum Gasteiger partial charge on any atom is -0.388 e. The SMILES string of the molecule is Cc1cc(C(O)CBr)cc(Cl)n1. The van der Waals surface area contributed by atoms with Crippen LogP contribution in [0.25, 0.3) is 0 Å². The third kappa shape index (κ3) is 2.44. The molecule has 1 heterocycles. The summed E-state index contributed by atoms with van der Waals surface area (Å²) >= 11 is 8.90. The summed E-state index contributed by atoms with van der Waals surface area (Å²) in [5.41, 5.74) is 1.61. The summed E-state index contributed by atoms with van der Waals surface area (Å²) in [4.78, 5) is 3.99. The van der Waals surface area contributed by atoms with Crippen LogP contribution in [0, 0.1) is 6.92 Å². The van der Waals surface area contributed by atoms with Crippen molar-refractivity contribution >= 4 is 27.5 Å². The predicted octanol–water partition coefficient (Wildman–Crippen LogP) is 2.47. The average Bonchev–Trinajstić information content (AvgIpc) is 2.01. The molecule has 0 aromatic carbocycles. The molecule has 1 rings (SSSR count). The molecule has 0 aliphatic heterocycles. The predicted molar refractivity (Wildman–Crippen MR) is 52.7 cm³/mol. The molecule has 0 spiro atoms. The van der Waals surface area contributed by atoms with E-state index in [0.29, 0.717) is 10.5 Å². The molecule has 66 valence electrons. The molecule has 0 bridgehead atoms. The highest BCUT2D eigenvalue weighted by molar-refractivity contribution is 9.09. The first kappa shape index (κ1) is 9.96. The maximum atomic E-state index is 9.44. The summed E-state index contributed by atoms with van der Waals surface area (Å²) in [5.74, 6) is 0. The molecule has 0 aliphatic rings. The van der Waals surface area contributed by atoms with Crippen LogP contribution in [0.2, 0.25) is 5.15 Å².